The number of carbonyl (C=O) groups excluding carboxylic acids is 2. The number of benzene rings is 3. The van der Waals surface area contributed by atoms with E-state index < -0.39 is 22.0 Å². The van der Waals surface area contributed by atoms with Gasteiger partial charge in [-0.25, -0.2) is 8.42 Å². The van der Waals surface area contributed by atoms with E-state index in [2.05, 4.69) is 31.4 Å². The molecule has 0 unspecified atom stereocenters. The van der Waals surface area contributed by atoms with E-state index in [1.807, 2.05) is 32.0 Å². The van der Waals surface area contributed by atoms with Crippen LogP contribution in [0.4, 0.5) is 17.1 Å². The molecule has 8 heteroatoms. The molecule has 7 nitrogen and oxygen atoms in total. The van der Waals surface area contributed by atoms with Gasteiger partial charge in [-0.1, -0.05) is 45.0 Å². The summed E-state index contributed by atoms with van der Waals surface area (Å²) in [6.45, 7) is 11.7. The van der Waals surface area contributed by atoms with E-state index in [4.69, 9.17) is 0 Å². The monoisotopic (exact) mass is 521 g/mol. The van der Waals surface area contributed by atoms with E-state index >= 15 is 0 Å². The Labute approximate surface area is 220 Å². The van der Waals surface area contributed by atoms with Gasteiger partial charge in [0.25, 0.3) is 5.91 Å². The van der Waals surface area contributed by atoms with Crippen LogP contribution in [0, 0.1) is 13.8 Å². The van der Waals surface area contributed by atoms with Gasteiger partial charge < -0.3 is 10.6 Å². The van der Waals surface area contributed by atoms with E-state index in [1.54, 1.807) is 55.5 Å². The van der Waals surface area contributed by atoms with E-state index in [0.29, 0.717) is 22.6 Å². The normalized spacial score (nSPS) is 12.5. The lowest BCUT2D eigenvalue weighted by Crippen LogP contribution is -2.45. The molecule has 196 valence electrons. The maximum atomic E-state index is 13.1. The minimum atomic E-state index is -3.74. The van der Waals surface area contributed by atoms with Crippen molar-refractivity contribution in [1.29, 1.82) is 0 Å². The Morgan fingerprint density at radius 1 is 0.838 bits per heavy atom. The highest BCUT2D eigenvalue weighted by Crippen LogP contribution is 2.25. The van der Waals surface area contributed by atoms with E-state index in [1.165, 1.54) is 0 Å². The number of anilines is 3. The molecule has 0 spiro atoms. The zero-order valence-corrected chi connectivity index (χ0v) is 23.2. The van der Waals surface area contributed by atoms with Gasteiger partial charge in [0.15, 0.2) is 0 Å². The van der Waals surface area contributed by atoms with Crippen LogP contribution in [-0.4, -0.2) is 32.5 Å². The van der Waals surface area contributed by atoms with Gasteiger partial charge in [0.2, 0.25) is 15.9 Å². The summed E-state index contributed by atoms with van der Waals surface area (Å²) < 4.78 is 26.3. The number of nitrogens with zero attached hydrogens (tertiary/aromatic N) is 1. The van der Waals surface area contributed by atoms with Gasteiger partial charge in [-0.3, -0.25) is 13.9 Å². The van der Waals surface area contributed by atoms with Crippen LogP contribution in [0.2, 0.25) is 0 Å². The van der Waals surface area contributed by atoms with Crippen molar-refractivity contribution in [2.75, 3.05) is 21.2 Å². The zero-order valence-electron chi connectivity index (χ0n) is 22.4. The quantitative estimate of drug-likeness (QED) is 0.420. The molecular formula is C29H35N3O4S. The van der Waals surface area contributed by atoms with Crippen LogP contribution >= 0.6 is 0 Å². The molecule has 3 aromatic carbocycles. The molecule has 0 aliphatic rings. The summed E-state index contributed by atoms with van der Waals surface area (Å²) in [7, 11) is -3.74. The first-order chi connectivity index (χ1) is 17.2. The summed E-state index contributed by atoms with van der Waals surface area (Å²) in [6.07, 6.45) is 1.08. The van der Waals surface area contributed by atoms with E-state index in [0.717, 1.165) is 27.3 Å². The van der Waals surface area contributed by atoms with Crippen LogP contribution in [0.15, 0.2) is 66.7 Å². The molecule has 0 radical (unpaired) electrons. The smallest absolute Gasteiger partial charge is 0.255 e. The third kappa shape index (κ3) is 6.98. The SMILES string of the molecule is Cc1ccc(N([C@H](C)C(=O)Nc2cccc(NC(=O)c3ccc(C(C)(C)C)cc3)c2)S(C)(=O)=O)cc1C. The molecule has 1 atom stereocenters. The van der Waals surface area contributed by atoms with Crippen molar-refractivity contribution < 1.29 is 18.0 Å². The molecule has 0 saturated carbocycles. The van der Waals surface area contributed by atoms with Crippen molar-refractivity contribution in [3.8, 4) is 0 Å². The Morgan fingerprint density at radius 2 is 1.43 bits per heavy atom. The minimum absolute atomic E-state index is 0.0103. The molecule has 3 aromatic rings. The molecule has 0 aliphatic heterocycles. The van der Waals surface area contributed by atoms with Crippen LogP contribution in [0.3, 0.4) is 0 Å². The van der Waals surface area contributed by atoms with Crippen LogP contribution < -0.4 is 14.9 Å². The summed E-state index contributed by atoms with van der Waals surface area (Å²) in [5, 5.41) is 5.62. The molecule has 0 aliphatic carbocycles. The summed E-state index contributed by atoms with van der Waals surface area (Å²) in [6, 6.07) is 18.5. The lowest BCUT2D eigenvalue weighted by molar-refractivity contribution is -0.116. The molecule has 37 heavy (non-hydrogen) atoms. The zero-order chi connectivity index (χ0) is 27.5. The summed E-state index contributed by atoms with van der Waals surface area (Å²) in [5.74, 6) is -0.764. The number of hydrogen-bond acceptors (Lipinski definition) is 4. The summed E-state index contributed by atoms with van der Waals surface area (Å²) in [4.78, 5) is 25.8. The van der Waals surface area contributed by atoms with Gasteiger partial charge in [0.05, 0.1) is 11.9 Å². The Morgan fingerprint density at radius 3 is 1.97 bits per heavy atom. The Kier molecular flexibility index (Phi) is 8.12. The lowest BCUT2D eigenvalue weighted by atomic mass is 9.87. The van der Waals surface area contributed by atoms with Crippen LogP contribution in [0.25, 0.3) is 0 Å². The van der Waals surface area contributed by atoms with Gasteiger partial charge in [-0.05, 0) is 85.3 Å². The predicted octanol–water partition coefficient (Wildman–Crippen LogP) is 5.65. The number of carbonyl (C=O) groups is 2. The molecule has 2 N–H and O–H groups in total. The fourth-order valence-corrected chi connectivity index (χ4v) is 5.08. The van der Waals surface area contributed by atoms with Crippen molar-refractivity contribution in [2.45, 2.75) is 53.0 Å². The first kappa shape index (κ1) is 27.9. The summed E-state index contributed by atoms with van der Waals surface area (Å²) in [5.41, 5.74) is 4.96. The summed E-state index contributed by atoms with van der Waals surface area (Å²) >= 11 is 0. The topological polar surface area (TPSA) is 95.6 Å². The first-order valence-corrected chi connectivity index (χ1v) is 13.9. The van der Waals surface area contributed by atoms with Crippen LogP contribution in [-0.2, 0) is 20.2 Å². The number of sulfonamides is 1. The second-order valence-electron chi connectivity index (χ2n) is 10.4. The van der Waals surface area contributed by atoms with Crippen LogP contribution in [0.1, 0.15) is 54.7 Å². The highest BCUT2D eigenvalue weighted by molar-refractivity contribution is 7.92. The fraction of sp³-hybridized carbons (Fsp3) is 0.310. The first-order valence-electron chi connectivity index (χ1n) is 12.1. The maximum Gasteiger partial charge on any atom is 0.255 e. The molecular weight excluding hydrogens is 486 g/mol. The largest absolute Gasteiger partial charge is 0.324 e. The number of nitrogens with one attached hydrogen (secondary N) is 2. The maximum absolute atomic E-state index is 13.1. The Hall–Kier alpha value is -3.65. The number of amides is 2. The highest BCUT2D eigenvalue weighted by atomic mass is 32.2. The molecule has 0 aromatic heterocycles. The van der Waals surface area contributed by atoms with E-state index in [-0.39, 0.29) is 11.3 Å². The third-order valence-electron chi connectivity index (χ3n) is 6.23. The molecule has 3 rings (SSSR count). The molecule has 0 bridgehead atoms. The Balaban J connectivity index is 1.75. The van der Waals surface area contributed by atoms with Gasteiger partial charge in [0.1, 0.15) is 6.04 Å². The second-order valence-corrected chi connectivity index (χ2v) is 12.2. The third-order valence-corrected chi connectivity index (χ3v) is 7.48. The lowest BCUT2D eigenvalue weighted by Gasteiger charge is -2.28. The molecule has 0 heterocycles. The van der Waals surface area contributed by atoms with Crippen molar-refractivity contribution in [3.63, 3.8) is 0 Å². The van der Waals surface area contributed by atoms with Crippen LogP contribution in [0.5, 0.6) is 0 Å². The van der Waals surface area contributed by atoms with Gasteiger partial charge in [0, 0.05) is 16.9 Å². The van der Waals surface area contributed by atoms with Gasteiger partial charge in [-0.15, -0.1) is 0 Å². The molecule has 0 fully saturated rings. The fourth-order valence-electron chi connectivity index (χ4n) is 3.92. The van der Waals surface area contributed by atoms with E-state index in [9.17, 15) is 18.0 Å². The average molecular weight is 522 g/mol. The van der Waals surface area contributed by atoms with Crippen molar-refractivity contribution in [2.24, 2.45) is 0 Å². The Bertz CT molecular complexity index is 1410. The van der Waals surface area contributed by atoms with Gasteiger partial charge >= 0.3 is 0 Å². The van der Waals surface area contributed by atoms with Crippen molar-refractivity contribution >= 4 is 38.9 Å². The number of hydrogen-bond donors (Lipinski definition) is 2. The minimum Gasteiger partial charge on any atom is -0.324 e. The van der Waals surface area contributed by atoms with Gasteiger partial charge in [-0.2, -0.15) is 0 Å². The second kappa shape index (κ2) is 10.8. The molecule has 0 saturated heterocycles. The van der Waals surface area contributed by atoms with Crippen molar-refractivity contribution in [1.82, 2.24) is 0 Å². The number of rotatable bonds is 7. The standard InChI is InChI=1S/C29H35N3O4S/c1-19-11-16-26(17-20(19)2)32(37(7,35)36)21(3)27(33)30-24-9-8-10-25(18-24)31-28(34)22-12-14-23(15-13-22)29(4,5)6/h8-18,21H,1-7H3,(H,30,33)(H,31,34)/t21-/m1/s1. The number of aryl methyl sites for hydroxylation is 2. The molecule has 2 amide bonds. The highest BCUT2D eigenvalue weighted by Gasteiger charge is 2.29. The average Bonchev–Trinajstić information content (AvgIpc) is 2.80. The predicted molar refractivity (Wildman–Crippen MR) is 151 cm³/mol. The van der Waals surface area contributed by atoms with Crippen molar-refractivity contribution in [3.05, 3.63) is 89.0 Å².